The maximum absolute atomic E-state index is 13.9. The minimum absolute atomic E-state index is 0.0408. The van der Waals surface area contributed by atoms with Crippen molar-refractivity contribution >= 4 is 28.6 Å². The number of rotatable bonds is 3. The number of anilines is 1. The number of halogens is 5. The van der Waals surface area contributed by atoms with Crippen LogP contribution in [-0.4, -0.2) is 34.9 Å². The van der Waals surface area contributed by atoms with Crippen LogP contribution in [0.2, 0.25) is 5.02 Å². The molecule has 0 aliphatic carbocycles. The third-order valence-electron chi connectivity index (χ3n) is 4.95. The quantitative estimate of drug-likeness (QED) is 0.661. The molecule has 0 spiro atoms. The Labute approximate surface area is 163 Å². The number of alkyl halides is 1. The zero-order valence-corrected chi connectivity index (χ0v) is 15.4. The number of nitrogens with zero attached hydrogens (tertiary/aromatic N) is 3. The van der Waals surface area contributed by atoms with Crippen LogP contribution in [0.3, 0.4) is 0 Å². The van der Waals surface area contributed by atoms with Crippen LogP contribution in [0.15, 0.2) is 30.3 Å². The van der Waals surface area contributed by atoms with E-state index in [4.69, 9.17) is 17.3 Å². The van der Waals surface area contributed by atoms with Crippen LogP contribution in [0.4, 0.5) is 23.5 Å². The van der Waals surface area contributed by atoms with E-state index in [-0.39, 0.29) is 30.0 Å². The van der Waals surface area contributed by atoms with E-state index in [0.29, 0.717) is 23.6 Å². The fraction of sp³-hybridized carbons (Fsp3) is 0.316. The lowest BCUT2D eigenvalue weighted by Crippen LogP contribution is -2.50. The molecule has 1 aromatic heterocycles. The lowest BCUT2D eigenvalue weighted by Gasteiger charge is -2.34. The number of hydrogen-bond donors (Lipinski definition) is 1. The van der Waals surface area contributed by atoms with Crippen molar-refractivity contribution < 1.29 is 17.6 Å². The molecule has 3 aromatic rings. The molecule has 2 aromatic carbocycles. The van der Waals surface area contributed by atoms with Gasteiger partial charge in [-0.2, -0.15) is 0 Å². The molecule has 2 heterocycles. The average molecular weight is 413 g/mol. The molecule has 0 amide bonds. The van der Waals surface area contributed by atoms with Gasteiger partial charge >= 0.3 is 0 Å². The van der Waals surface area contributed by atoms with E-state index < -0.39 is 29.7 Å². The highest BCUT2D eigenvalue weighted by molar-refractivity contribution is 6.30. The molecule has 1 aliphatic heterocycles. The predicted octanol–water partition coefficient (Wildman–Crippen LogP) is 4.03. The van der Waals surface area contributed by atoms with E-state index in [0.717, 1.165) is 12.1 Å². The first-order valence-corrected chi connectivity index (χ1v) is 9.15. The summed E-state index contributed by atoms with van der Waals surface area (Å²) in [7, 11) is 0. The number of piperidine rings is 1. The Kier molecular flexibility index (Phi) is 4.93. The van der Waals surface area contributed by atoms with Gasteiger partial charge in [0.25, 0.3) is 0 Å². The number of fused-ring (bicyclic) bond motifs is 1. The molecule has 2 atom stereocenters. The van der Waals surface area contributed by atoms with Crippen molar-refractivity contribution in [1.29, 1.82) is 0 Å². The van der Waals surface area contributed by atoms with E-state index in [1.807, 2.05) is 0 Å². The van der Waals surface area contributed by atoms with Crippen molar-refractivity contribution in [3.8, 4) is 0 Å². The zero-order valence-electron chi connectivity index (χ0n) is 14.7. The highest BCUT2D eigenvalue weighted by Crippen LogP contribution is 2.29. The molecule has 9 heteroatoms. The summed E-state index contributed by atoms with van der Waals surface area (Å²) >= 11 is 5.86. The van der Waals surface area contributed by atoms with Gasteiger partial charge in [-0.25, -0.2) is 22.5 Å². The molecular formula is C19H17ClF4N4. The Hall–Kier alpha value is -2.32. The molecule has 1 fully saturated rings. The summed E-state index contributed by atoms with van der Waals surface area (Å²) < 4.78 is 56.5. The summed E-state index contributed by atoms with van der Waals surface area (Å²) in [6.07, 6.45) is -0.880. The Bertz CT molecular complexity index is 1040. The van der Waals surface area contributed by atoms with Gasteiger partial charge < -0.3 is 15.2 Å². The van der Waals surface area contributed by atoms with Crippen LogP contribution in [0.25, 0.3) is 11.0 Å². The van der Waals surface area contributed by atoms with Gasteiger partial charge in [0.1, 0.15) is 12.0 Å². The van der Waals surface area contributed by atoms with E-state index in [9.17, 15) is 17.6 Å². The largest absolute Gasteiger partial charge is 0.340 e. The Morgan fingerprint density at radius 2 is 1.86 bits per heavy atom. The highest BCUT2D eigenvalue weighted by atomic mass is 35.5. The summed E-state index contributed by atoms with van der Waals surface area (Å²) in [5.74, 6) is -2.14. The summed E-state index contributed by atoms with van der Waals surface area (Å²) in [6.45, 7) is 0.786. The molecule has 0 saturated carbocycles. The van der Waals surface area contributed by atoms with Crippen LogP contribution in [0, 0.1) is 17.5 Å². The molecule has 0 bridgehead atoms. The van der Waals surface area contributed by atoms with Crippen molar-refractivity contribution in [3.05, 3.63) is 58.4 Å². The monoisotopic (exact) mass is 412 g/mol. The maximum atomic E-state index is 13.9. The first-order chi connectivity index (χ1) is 13.3. The van der Waals surface area contributed by atoms with Gasteiger partial charge in [0, 0.05) is 25.2 Å². The van der Waals surface area contributed by atoms with E-state index in [1.54, 1.807) is 15.5 Å². The summed E-state index contributed by atoms with van der Waals surface area (Å²) in [5.41, 5.74) is 7.14. The van der Waals surface area contributed by atoms with E-state index >= 15 is 0 Å². The third-order valence-corrected chi connectivity index (χ3v) is 5.24. The first kappa shape index (κ1) is 19.0. The molecule has 28 heavy (non-hydrogen) atoms. The molecule has 2 N–H and O–H groups in total. The number of benzene rings is 2. The van der Waals surface area contributed by atoms with Gasteiger partial charge in [0.05, 0.1) is 28.6 Å². The fourth-order valence-electron chi connectivity index (χ4n) is 3.46. The predicted molar refractivity (Wildman–Crippen MR) is 99.9 cm³/mol. The number of hydrogen-bond acceptors (Lipinski definition) is 3. The normalized spacial score (nSPS) is 20.1. The average Bonchev–Trinajstić information content (AvgIpc) is 2.98. The van der Waals surface area contributed by atoms with Gasteiger partial charge in [-0.15, -0.1) is 0 Å². The number of aromatic nitrogens is 2. The van der Waals surface area contributed by atoms with Crippen LogP contribution in [0.5, 0.6) is 0 Å². The SMILES string of the molecule is N[C@@H]1CN(c2nc3cc(F)c(F)cc3n2Cc2ccc(F)c(Cl)c2)CCC1F. The van der Waals surface area contributed by atoms with Crippen molar-refractivity contribution in [2.24, 2.45) is 5.73 Å². The summed E-state index contributed by atoms with van der Waals surface area (Å²) in [5, 5.41) is -0.0408. The fourth-order valence-corrected chi connectivity index (χ4v) is 3.66. The topological polar surface area (TPSA) is 47.1 Å². The standard InChI is InChI=1S/C19H17ClF4N4/c20-11-5-10(1-2-12(11)21)8-28-18-7-15(24)14(23)6-17(18)26-19(28)27-4-3-13(22)16(25)9-27/h1-2,5-7,13,16H,3-4,8-9,25H2/t13?,16-/m1/s1. The molecule has 4 rings (SSSR count). The molecular weight excluding hydrogens is 396 g/mol. The number of imidazole rings is 1. The molecule has 148 valence electrons. The van der Waals surface area contributed by atoms with Gasteiger partial charge in [-0.05, 0) is 24.1 Å². The molecule has 1 saturated heterocycles. The minimum atomic E-state index is -1.11. The summed E-state index contributed by atoms with van der Waals surface area (Å²) in [6, 6.07) is 5.65. The summed E-state index contributed by atoms with van der Waals surface area (Å²) in [4.78, 5) is 6.22. The zero-order chi connectivity index (χ0) is 20.0. The van der Waals surface area contributed by atoms with Gasteiger partial charge in [-0.3, -0.25) is 0 Å². The maximum Gasteiger partial charge on any atom is 0.206 e. The van der Waals surface area contributed by atoms with Crippen molar-refractivity contribution in [2.75, 3.05) is 18.0 Å². The van der Waals surface area contributed by atoms with Gasteiger partial charge in [0.15, 0.2) is 11.6 Å². The highest BCUT2D eigenvalue weighted by Gasteiger charge is 2.29. The second-order valence-electron chi connectivity index (χ2n) is 6.92. The second-order valence-corrected chi connectivity index (χ2v) is 7.32. The minimum Gasteiger partial charge on any atom is -0.340 e. The Morgan fingerprint density at radius 3 is 2.57 bits per heavy atom. The van der Waals surface area contributed by atoms with E-state index in [1.165, 1.54) is 12.1 Å². The van der Waals surface area contributed by atoms with Crippen LogP contribution < -0.4 is 10.6 Å². The lowest BCUT2D eigenvalue weighted by atomic mass is 10.1. The Morgan fingerprint density at radius 1 is 1.11 bits per heavy atom. The van der Waals surface area contributed by atoms with Crippen molar-refractivity contribution in [2.45, 2.75) is 25.2 Å². The van der Waals surface area contributed by atoms with E-state index in [2.05, 4.69) is 4.98 Å². The molecule has 1 aliphatic rings. The second kappa shape index (κ2) is 7.25. The Balaban J connectivity index is 1.81. The lowest BCUT2D eigenvalue weighted by molar-refractivity contribution is 0.243. The van der Waals surface area contributed by atoms with Crippen LogP contribution >= 0.6 is 11.6 Å². The van der Waals surface area contributed by atoms with Crippen LogP contribution in [-0.2, 0) is 6.54 Å². The molecule has 0 radical (unpaired) electrons. The van der Waals surface area contributed by atoms with Gasteiger partial charge in [0.2, 0.25) is 5.95 Å². The smallest absolute Gasteiger partial charge is 0.206 e. The molecule has 4 nitrogen and oxygen atoms in total. The van der Waals surface area contributed by atoms with Crippen LogP contribution in [0.1, 0.15) is 12.0 Å². The van der Waals surface area contributed by atoms with Crippen molar-refractivity contribution in [3.63, 3.8) is 0 Å². The van der Waals surface area contributed by atoms with Gasteiger partial charge in [-0.1, -0.05) is 17.7 Å². The van der Waals surface area contributed by atoms with Crippen molar-refractivity contribution in [1.82, 2.24) is 9.55 Å². The third kappa shape index (κ3) is 3.42. The molecule has 1 unspecified atom stereocenters. The number of nitrogens with two attached hydrogens (primary N) is 1. The first-order valence-electron chi connectivity index (χ1n) is 8.77.